The Morgan fingerprint density at radius 1 is 1.35 bits per heavy atom. The summed E-state index contributed by atoms with van der Waals surface area (Å²) in [6.45, 7) is 6.08. The van der Waals surface area contributed by atoms with Crippen molar-refractivity contribution in [3.8, 4) is 17.2 Å². The normalized spacial score (nSPS) is 10.7. The van der Waals surface area contributed by atoms with Crippen LogP contribution in [0.2, 0.25) is 0 Å². The van der Waals surface area contributed by atoms with E-state index in [2.05, 4.69) is 16.5 Å². The van der Waals surface area contributed by atoms with Gasteiger partial charge in [-0.25, -0.2) is 4.98 Å². The number of aryl methyl sites for hydroxylation is 1. The zero-order valence-electron chi connectivity index (χ0n) is 11.2. The van der Waals surface area contributed by atoms with E-state index in [0.29, 0.717) is 18.2 Å². The molecule has 0 bridgehead atoms. The minimum absolute atomic E-state index is 0.415. The highest BCUT2D eigenvalue weighted by atomic mass is 16.5. The van der Waals surface area contributed by atoms with E-state index in [1.54, 1.807) is 18.5 Å². The van der Waals surface area contributed by atoms with Gasteiger partial charge >= 0.3 is 0 Å². The maximum atomic E-state index is 5.78. The topological polar surface area (TPSA) is 48.2 Å². The molecule has 1 aromatic carbocycles. The highest BCUT2D eigenvalue weighted by Gasteiger charge is 2.13. The molecule has 4 nitrogen and oxygen atoms in total. The summed E-state index contributed by atoms with van der Waals surface area (Å²) in [5.74, 6) is 1.17. The lowest BCUT2D eigenvalue weighted by molar-refractivity contribution is 0.362. The molecule has 0 fully saturated rings. The molecule has 2 heterocycles. The standard InChI is InChI=1S/C16H14N2O2/c1-3-8-19-15-10-17-7-6-12(15)16-18-13-9-11(2)4-5-14(13)20-16/h3-7,9-10H,1,8H2,2H3. The van der Waals surface area contributed by atoms with Crippen molar-refractivity contribution in [2.45, 2.75) is 6.92 Å². The van der Waals surface area contributed by atoms with E-state index in [1.165, 1.54) is 0 Å². The van der Waals surface area contributed by atoms with Gasteiger partial charge in [-0.3, -0.25) is 4.98 Å². The molecule has 0 saturated carbocycles. The van der Waals surface area contributed by atoms with E-state index in [9.17, 15) is 0 Å². The van der Waals surface area contributed by atoms with Crippen LogP contribution >= 0.6 is 0 Å². The Bertz CT molecular complexity index is 762. The Balaban J connectivity index is 2.08. The summed E-state index contributed by atoms with van der Waals surface area (Å²) in [7, 11) is 0. The molecule has 3 aromatic rings. The van der Waals surface area contributed by atoms with Gasteiger partial charge in [-0.1, -0.05) is 18.7 Å². The molecule has 0 unspecified atom stereocenters. The van der Waals surface area contributed by atoms with Crippen LogP contribution < -0.4 is 4.74 Å². The van der Waals surface area contributed by atoms with Crippen LogP contribution in [-0.2, 0) is 0 Å². The number of rotatable bonds is 4. The van der Waals surface area contributed by atoms with Crippen molar-refractivity contribution >= 4 is 11.1 Å². The number of ether oxygens (including phenoxy) is 1. The Labute approximate surface area is 116 Å². The molecular formula is C16H14N2O2. The smallest absolute Gasteiger partial charge is 0.231 e. The van der Waals surface area contributed by atoms with Gasteiger partial charge in [-0.2, -0.15) is 0 Å². The molecule has 0 N–H and O–H groups in total. The van der Waals surface area contributed by atoms with Gasteiger partial charge in [0.25, 0.3) is 0 Å². The first-order valence-corrected chi connectivity index (χ1v) is 6.33. The van der Waals surface area contributed by atoms with Crippen LogP contribution in [0.1, 0.15) is 5.56 Å². The Hall–Kier alpha value is -2.62. The highest BCUT2D eigenvalue weighted by Crippen LogP contribution is 2.31. The van der Waals surface area contributed by atoms with Crippen LogP contribution in [0.15, 0.2) is 53.7 Å². The molecule has 0 saturated heterocycles. The fourth-order valence-electron chi connectivity index (χ4n) is 1.97. The van der Waals surface area contributed by atoms with Gasteiger partial charge in [-0.15, -0.1) is 0 Å². The van der Waals surface area contributed by atoms with Crippen molar-refractivity contribution < 1.29 is 9.15 Å². The lowest BCUT2D eigenvalue weighted by atomic mass is 10.2. The number of oxazole rings is 1. The van der Waals surface area contributed by atoms with Crippen molar-refractivity contribution in [1.82, 2.24) is 9.97 Å². The summed E-state index contributed by atoms with van der Waals surface area (Å²) < 4.78 is 11.4. The summed E-state index contributed by atoms with van der Waals surface area (Å²) in [5, 5.41) is 0. The molecule has 0 spiro atoms. The van der Waals surface area contributed by atoms with E-state index in [1.807, 2.05) is 31.2 Å². The maximum absolute atomic E-state index is 5.78. The second kappa shape index (κ2) is 5.17. The summed E-state index contributed by atoms with van der Waals surface area (Å²) in [5.41, 5.74) is 3.54. The lowest BCUT2D eigenvalue weighted by Gasteiger charge is -2.05. The Morgan fingerprint density at radius 3 is 3.10 bits per heavy atom. The lowest BCUT2D eigenvalue weighted by Crippen LogP contribution is -1.95. The number of benzene rings is 1. The number of fused-ring (bicyclic) bond motifs is 1. The van der Waals surface area contributed by atoms with E-state index in [-0.39, 0.29) is 0 Å². The Morgan fingerprint density at radius 2 is 2.25 bits per heavy atom. The third-order valence-corrected chi connectivity index (χ3v) is 2.91. The van der Waals surface area contributed by atoms with Crippen LogP contribution in [0.5, 0.6) is 5.75 Å². The number of aromatic nitrogens is 2. The average molecular weight is 266 g/mol. The molecule has 0 atom stereocenters. The van der Waals surface area contributed by atoms with Gasteiger partial charge in [0.1, 0.15) is 12.1 Å². The number of pyridine rings is 1. The van der Waals surface area contributed by atoms with E-state index < -0.39 is 0 Å². The van der Waals surface area contributed by atoms with Crippen LogP contribution in [-0.4, -0.2) is 16.6 Å². The van der Waals surface area contributed by atoms with Crippen molar-refractivity contribution in [2.75, 3.05) is 6.61 Å². The van der Waals surface area contributed by atoms with Gasteiger partial charge in [0, 0.05) is 6.20 Å². The van der Waals surface area contributed by atoms with Crippen LogP contribution in [0.4, 0.5) is 0 Å². The molecule has 20 heavy (non-hydrogen) atoms. The minimum atomic E-state index is 0.415. The average Bonchev–Trinajstić information content (AvgIpc) is 2.88. The molecule has 0 radical (unpaired) electrons. The number of nitrogens with zero attached hydrogens (tertiary/aromatic N) is 2. The third-order valence-electron chi connectivity index (χ3n) is 2.91. The summed E-state index contributed by atoms with van der Waals surface area (Å²) in [6.07, 6.45) is 5.03. The molecule has 0 aliphatic carbocycles. The fourth-order valence-corrected chi connectivity index (χ4v) is 1.97. The molecule has 2 aromatic heterocycles. The minimum Gasteiger partial charge on any atom is -0.487 e. The largest absolute Gasteiger partial charge is 0.487 e. The van der Waals surface area contributed by atoms with Crippen molar-refractivity contribution in [2.24, 2.45) is 0 Å². The van der Waals surface area contributed by atoms with Gasteiger partial charge in [0.15, 0.2) is 11.3 Å². The van der Waals surface area contributed by atoms with Crippen LogP contribution in [0.25, 0.3) is 22.6 Å². The second-order valence-corrected chi connectivity index (χ2v) is 4.46. The van der Waals surface area contributed by atoms with Crippen molar-refractivity contribution in [1.29, 1.82) is 0 Å². The third kappa shape index (κ3) is 2.28. The molecule has 0 amide bonds. The first-order chi connectivity index (χ1) is 9.78. The predicted molar refractivity (Wildman–Crippen MR) is 77.7 cm³/mol. The first kappa shape index (κ1) is 12.4. The molecule has 0 aliphatic rings. The van der Waals surface area contributed by atoms with E-state index in [4.69, 9.17) is 9.15 Å². The predicted octanol–water partition coefficient (Wildman–Crippen LogP) is 3.76. The van der Waals surface area contributed by atoms with Crippen molar-refractivity contribution in [3.63, 3.8) is 0 Å². The number of hydrogen-bond donors (Lipinski definition) is 0. The van der Waals surface area contributed by atoms with E-state index in [0.717, 1.165) is 22.2 Å². The second-order valence-electron chi connectivity index (χ2n) is 4.46. The van der Waals surface area contributed by atoms with Gasteiger partial charge in [0.2, 0.25) is 5.89 Å². The van der Waals surface area contributed by atoms with Crippen LogP contribution in [0.3, 0.4) is 0 Å². The van der Waals surface area contributed by atoms with Crippen molar-refractivity contribution in [3.05, 3.63) is 54.9 Å². The quantitative estimate of drug-likeness (QED) is 0.674. The summed E-state index contributed by atoms with van der Waals surface area (Å²) in [4.78, 5) is 8.58. The zero-order valence-corrected chi connectivity index (χ0v) is 11.2. The highest BCUT2D eigenvalue weighted by molar-refractivity contribution is 5.78. The van der Waals surface area contributed by atoms with Gasteiger partial charge in [0.05, 0.1) is 11.8 Å². The SMILES string of the molecule is C=CCOc1cnccc1-c1nc2cc(C)ccc2o1. The van der Waals surface area contributed by atoms with Gasteiger partial charge in [-0.05, 0) is 30.7 Å². The maximum Gasteiger partial charge on any atom is 0.231 e. The molecular weight excluding hydrogens is 252 g/mol. The number of hydrogen-bond acceptors (Lipinski definition) is 4. The van der Waals surface area contributed by atoms with Crippen LogP contribution in [0, 0.1) is 6.92 Å². The van der Waals surface area contributed by atoms with Gasteiger partial charge < -0.3 is 9.15 Å². The molecule has 0 aliphatic heterocycles. The zero-order chi connectivity index (χ0) is 13.9. The monoisotopic (exact) mass is 266 g/mol. The molecule has 3 rings (SSSR count). The summed E-state index contributed by atoms with van der Waals surface area (Å²) in [6, 6.07) is 7.75. The first-order valence-electron chi connectivity index (χ1n) is 6.33. The molecule has 4 heteroatoms. The van der Waals surface area contributed by atoms with E-state index >= 15 is 0 Å². The Kier molecular flexibility index (Phi) is 3.21. The molecule has 100 valence electrons. The summed E-state index contributed by atoms with van der Waals surface area (Å²) >= 11 is 0. The fraction of sp³-hybridized carbons (Fsp3) is 0.125.